The molecule has 42 heavy (non-hydrogen) atoms. The highest BCUT2D eigenvalue weighted by atomic mass is 35.5. The van der Waals surface area contributed by atoms with E-state index in [0.717, 1.165) is 16.1 Å². The van der Waals surface area contributed by atoms with Gasteiger partial charge in [0, 0.05) is 34.6 Å². The van der Waals surface area contributed by atoms with Gasteiger partial charge in [-0.1, -0.05) is 78.7 Å². The van der Waals surface area contributed by atoms with E-state index in [1.165, 1.54) is 24.0 Å². The molecule has 0 saturated heterocycles. The molecule has 0 aromatic heterocycles. The van der Waals surface area contributed by atoms with Gasteiger partial charge in [0.15, 0.2) is 5.78 Å². The molecule has 8 nitrogen and oxygen atoms in total. The van der Waals surface area contributed by atoms with Crippen LogP contribution in [0.1, 0.15) is 48.7 Å². The highest BCUT2D eigenvalue weighted by molar-refractivity contribution is 7.92. The lowest BCUT2D eigenvalue weighted by Gasteiger charge is -2.34. The molecule has 0 unspecified atom stereocenters. The summed E-state index contributed by atoms with van der Waals surface area (Å²) < 4.78 is 26.8. The monoisotopic (exact) mass is 631 g/mol. The third-order valence-corrected chi connectivity index (χ3v) is 8.58. The first-order valence-corrected chi connectivity index (χ1v) is 16.1. The predicted octanol–water partition coefficient (Wildman–Crippen LogP) is 5.52. The number of sulfonamides is 1. The Morgan fingerprint density at radius 3 is 2.24 bits per heavy atom. The first-order chi connectivity index (χ1) is 19.8. The van der Waals surface area contributed by atoms with Crippen molar-refractivity contribution < 1.29 is 22.8 Å². The summed E-state index contributed by atoms with van der Waals surface area (Å²) in [6, 6.07) is 19.0. The van der Waals surface area contributed by atoms with E-state index in [4.69, 9.17) is 23.2 Å². The molecule has 3 rings (SSSR count). The second kappa shape index (κ2) is 14.7. The van der Waals surface area contributed by atoms with E-state index in [2.05, 4.69) is 5.32 Å². The summed E-state index contributed by atoms with van der Waals surface area (Å²) in [4.78, 5) is 41.3. The maximum absolute atomic E-state index is 14.2. The number of carbonyl (C=O) groups is 3. The van der Waals surface area contributed by atoms with Gasteiger partial charge in [-0.25, -0.2) is 8.42 Å². The second-order valence-corrected chi connectivity index (χ2v) is 12.9. The molecule has 2 atom stereocenters. The number of halogens is 2. The molecule has 11 heteroatoms. The standard InChI is InChI=1S/C31H35Cl2N3O5S/c1-5-21(2)34-31(39)29(16-23-10-7-6-8-11-23)35(19-25-14-15-26(32)18-28(25)33)30(38)20-36(42(4,40)41)27-13-9-12-24(17-27)22(3)37/h6-15,17-18,21,29H,5,16,19-20H2,1-4H3,(H,34,39)/t21-,29-/m0/s1. The average Bonchev–Trinajstić information content (AvgIpc) is 2.94. The van der Waals surface area contributed by atoms with E-state index in [0.29, 0.717) is 27.6 Å². The van der Waals surface area contributed by atoms with E-state index in [-0.39, 0.29) is 36.4 Å². The zero-order valence-corrected chi connectivity index (χ0v) is 26.3. The Bertz CT molecular complexity index is 1530. The van der Waals surface area contributed by atoms with Crippen LogP contribution in [0.2, 0.25) is 10.0 Å². The summed E-state index contributed by atoms with van der Waals surface area (Å²) >= 11 is 12.6. The van der Waals surface area contributed by atoms with Gasteiger partial charge in [-0.2, -0.15) is 0 Å². The third kappa shape index (κ3) is 9.05. The lowest BCUT2D eigenvalue weighted by molar-refractivity contribution is -0.140. The van der Waals surface area contributed by atoms with Gasteiger partial charge in [-0.15, -0.1) is 0 Å². The summed E-state index contributed by atoms with van der Waals surface area (Å²) in [7, 11) is -3.97. The fraction of sp³-hybridized carbons (Fsp3) is 0.323. The largest absolute Gasteiger partial charge is 0.352 e. The Morgan fingerprint density at radius 1 is 0.952 bits per heavy atom. The molecule has 0 aliphatic carbocycles. The Hall–Kier alpha value is -3.40. The van der Waals surface area contributed by atoms with Crippen molar-refractivity contribution >= 4 is 56.5 Å². The smallest absolute Gasteiger partial charge is 0.244 e. The fourth-order valence-electron chi connectivity index (χ4n) is 4.32. The van der Waals surface area contributed by atoms with Gasteiger partial charge in [0.05, 0.1) is 11.9 Å². The summed E-state index contributed by atoms with van der Waals surface area (Å²) in [6.07, 6.45) is 1.84. The number of hydrogen-bond donors (Lipinski definition) is 1. The molecule has 3 aromatic carbocycles. The Labute approximate surface area is 257 Å². The molecule has 0 fully saturated rings. The van der Waals surface area contributed by atoms with Crippen LogP contribution in [0.25, 0.3) is 0 Å². The topological polar surface area (TPSA) is 104 Å². The second-order valence-electron chi connectivity index (χ2n) is 10.2. The molecule has 0 heterocycles. The van der Waals surface area contributed by atoms with Crippen LogP contribution in [0.4, 0.5) is 5.69 Å². The van der Waals surface area contributed by atoms with Crippen molar-refractivity contribution in [1.82, 2.24) is 10.2 Å². The van der Waals surface area contributed by atoms with Crippen molar-refractivity contribution in [2.75, 3.05) is 17.1 Å². The molecule has 0 saturated carbocycles. The van der Waals surface area contributed by atoms with Gasteiger partial charge < -0.3 is 10.2 Å². The highest BCUT2D eigenvalue weighted by Crippen LogP contribution is 2.26. The predicted molar refractivity (Wildman–Crippen MR) is 167 cm³/mol. The highest BCUT2D eigenvalue weighted by Gasteiger charge is 2.34. The molecule has 3 aromatic rings. The van der Waals surface area contributed by atoms with Gasteiger partial charge >= 0.3 is 0 Å². The number of Topliss-reactive ketones (excluding diaryl/α,β-unsaturated/α-hetero) is 1. The van der Waals surface area contributed by atoms with E-state index in [9.17, 15) is 22.8 Å². The van der Waals surface area contributed by atoms with Crippen LogP contribution in [-0.4, -0.2) is 55.8 Å². The summed E-state index contributed by atoms with van der Waals surface area (Å²) in [6.45, 7) is 4.50. The van der Waals surface area contributed by atoms with E-state index in [1.807, 2.05) is 44.2 Å². The molecular weight excluding hydrogens is 597 g/mol. The number of anilines is 1. The van der Waals surface area contributed by atoms with Crippen LogP contribution in [0.3, 0.4) is 0 Å². The van der Waals surface area contributed by atoms with Crippen molar-refractivity contribution in [2.45, 2.75) is 52.2 Å². The number of nitrogens with zero attached hydrogens (tertiary/aromatic N) is 2. The number of amides is 2. The number of ketones is 1. The molecule has 0 aliphatic heterocycles. The van der Waals surface area contributed by atoms with E-state index >= 15 is 0 Å². The zero-order chi connectivity index (χ0) is 31.0. The summed E-state index contributed by atoms with van der Waals surface area (Å²) in [5.74, 6) is -1.25. The van der Waals surface area contributed by atoms with Gasteiger partial charge in [-0.05, 0) is 55.7 Å². The van der Waals surface area contributed by atoms with Gasteiger partial charge in [0.1, 0.15) is 12.6 Å². The first kappa shape index (κ1) is 33.1. The average molecular weight is 633 g/mol. The third-order valence-electron chi connectivity index (χ3n) is 6.85. The van der Waals surface area contributed by atoms with Crippen LogP contribution in [-0.2, 0) is 32.6 Å². The van der Waals surface area contributed by atoms with Crippen LogP contribution >= 0.6 is 23.2 Å². The van der Waals surface area contributed by atoms with Gasteiger partial charge in [0.25, 0.3) is 0 Å². The minimum Gasteiger partial charge on any atom is -0.352 e. The SMILES string of the molecule is CC[C@H](C)NC(=O)[C@H](Cc1ccccc1)N(Cc1ccc(Cl)cc1Cl)C(=O)CN(c1cccc(C(C)=O)c1)S(C)(=O)=O. The molecule has 2 amide bonds. The Morgan fingerprint density at radius 2 is 1.64 bits per heavy atom. The zero-order valence-electron chi connectivity index (χ0n) is 24.0. The van der Waals surface area contributed by atoms with Crippen molar-refractivity contribution in [3.8, 4) is 0 Å². The fourth-order valence-corrected chi connectivity index (χ4v) is 5.63. The van der Waals surface area contributed by atoms with Crippen LogP contribution < -0.4 is 9.62 Å². The molecule has 0 aliphatic rings. The molecule has 1 N–H and O–H groups in total. The van der Waals surface area contributed by atoms with Crippen LogP contribution in [0, 0.1) is 0 Å². The van der Waals surface area contributed by atoms with Crippen molar-refractivity contribution in [1.29, 1.82) is 0 Å². The first-order valence-electron chi connectivity index (χ1n) is 13.5. The molecule has 0 bridgehead atoms. The van der Waals surface area contributed by atoms with Crippen molar-refractivity contribution in [3.63, 3.8) is 0 Å². The minimum absolute atomic E-state index is 0.0780. The number of hydrogen-bond acceptors (Lipinski definition) is 5. The number of carbonyl (C=O) groups excluding carboxylic acids is 3. The molecule has 0 radical (unpaired) electrons. The maximum Gasteiger partial charge on any atom is 0.244 e. The van der Waals surface area contributed by atoms with Crippen molar-refractivity contribution in [3.05, 3.63) is 99.5 Å². The Balaban J connectivity index is 2.11. The quantitative estimate of drug-likeness (QED) is 0.250. The normalized spacial score (nSPS) is 12.7. The number of nitrogens with one attached hydrogen (secondary N) is 1. The van der Waals surface area contributed by atoms with Crippen molar-refractivity contribution in [2.24, 2.45) is 0 Å². The molecule has 0 spiro atoms. The minimum atomic E-state index is -3.97. The lowest BCUT2D eigenvalue weighted by Crippen LogP contribution is -2.54. The Kier molecular flexibility index (Phi) is 11.6. The molecular formula is C31H35Cl2N3O5S. The van der Waals surface area contributed by atoms with Gasteiger partial charge in [-0.3, -0.25) is 18.7 Å². The number of rotatable bonds is 13. The van der Waals surface area contributed by atoms with Crippen LogP contribution in [0.15, 0.2) is 72.8 Å². The number of benzene rings is 3. The van der Waals surface area contributed by atoms with E-state index in [1.54, 1.807) is 30.3 Å². The van der Waals surface area contributed by atoms with Gasteiger partial charge in [0.2, 0.25) is 21.8 Å². The van der Waals surface area contributed by atoms with E-state index < -0.39 is 28.5 Å². The maximum atomic E-state index is 14.2. The lowest BCUT2D eigenvalue weighted by atomic mass is 10.0. The summed E-state index contributed by atoms with van der Waals surface area (Å²) in [5.41, 5.74) is 1.81. The van der Waals surface area contributed by atoms with Crippen LogP contribution in [0.5, 0.6) is 0 Å². The summed E-state index contributed by atoms with van der Waals surface area (Å²) in [5, 5.41) is 3.68. The molecule has 224 valence electrons.